The summed E-state index contributed by atoms with van der Waals surface area (Å²) in [7, 11) is 0. The first-order valence-corrected chi connectivity index (χ1v) is 9.44. The summed E-state index contributed by atoms with van der Waals surface area (Å²) in [5.74, 6) is 0.370. The Kier molecular flexibility index (Phi) is 3.78. The monoisotopic (exact) mass is 378 g/mol. The normalized spacial score (nSPS) is 13.5. The van der Waals surface area contributed by atoms with Crippen LogP contribution in [0.2, 0.25) is 0 Å². The first-order valence-electron chi connectivity index (χ1n) is 9.44. The van der Waals surface area contributed by atoms with Crippen LogP contribution in [0.1, 0.15) is 32.6 Å². The number of carbonyl (C=O) groups excluding carboxylic acids is 1. The molecule has 0 unspecified atom stereocenters. The van der Waals surface area contributed by atoms with Crippen molar-refractivity contribution in [1.29, 1.82) is 0 Å². The van der Waals surface area contributed by atoms with Crippen LogP contribution in [0.25, 0.3) is 11.1 Å². The van der Waals surface area contributed by atoms with Crippen molar-refractivity contribution >= 4 is 6.29 Å². The Morgan fingerprint density at radius 1 is 0.621 bits per heavy atom. The number of benzene rings is 4. The zero-order valence-corrected chi connectivity index (χ0v) is 15.5. The summed E-state index contributed by atoms with van der Waals surface area (Å²) in [5.41, 5.74) is 5.87. The minimum absolute atomic E-state index is 0.185. The minimum Gasteiger partial charge on any atom is -0.508 e. The van der Waals surface area contributed by atoms with E-state index in [-0.39, 0.29) is 11.5 Å². The molecular formula is C26H18O3. The topological polar surface area (TPSA) is 57.5 Å². The largest absolute Gasteiger partial charge is 0.508 e. The molecule has 3 nitrogen and oxygen atoms in total. The van der Waals surface area contributed by atoms with Crippen molar-refractivity contribution in [3.05, 3.63) is 119 Å². The fraction of sp³-hybridized carbons (Fsp3) is 0.0385. The quantitative estimate of drug-likeness (QED) is 0.420. The predicted molar refractivity (Wildman–Crippen MR) is 112 cm³/mol. The van der Waals surface area contributed by atoms with Gasteiger partial charge in [0.1, 0.15) is 17.8 Å². The highest BCUT2D eigenvalue weighted by atomic mass is 16.3. The standard InChI is InChI=1S/C26H18O3/c27-16-17-4-3-6-23-22-5-1-2-7-24(22)26(25(17)23,18-8-12-20(28)13-9-18)19-10-14-21(29)15-11-19/h1-16,28-29H. The highest BCUT2D eigenvalue weighted by Gasteiger charge is 2.47. The molecule has 0 bridgehead atoms. The van der Waals surface area contributed by atoms with Crippen molar-refractivity contribution in [3.63, 3.8) is 0 Å². The number of phenolic OH excluding ortho intramolecular Hbond substituents is 2. The fourth-order valence-corrected chi connectivity index (χ4v) is 4.68. The first kappa shape index (κ1) is 17.3. The second-order valence-electron chi connectivity index (χ2n) is 7.28. The highest BCUT2D eigenvalue weighted by molar-refractivity contribution is 5.93. The summed E-state index contributed by atoms with van der Waals surface area (Å²) in [6, 6.07) is 28.2. The van der Waals surface area contributed by atoms with Gasteiger partial charge in [-0.25, -0.2) is 0 Å². The fourth-order valence-electron chi connectivity index (χ4n) is 4.68. The van der Waals surface area contributed by atoms with E-state index in [4.69, 9.17) is 0 Å². The maximum atomic E-state index is 12.1. The third kappa shape index (κ3) is 2.34. The maximum absolute atomic E-state index is 12.1. The Labute approximate surface area is 168 Å². The van der Waals surface area contributed by atoms with Crippen molar-refractivity contribution in [3.8, 4) is 22.6 Å². The van der Waals surface area contributed by atoms with E-state index in [0.717, 1.165) is 39.7 Å². The van der Waals surface area contributed by atoms with Crippen molar-refractivity contribution in [2.75, 3.05) is 0 Å². The molecule has 1 aliphatic rings. The van der Waals surface area contributed by atoms with Crippen LogP contribution in [0.15, 0.2) is 91.0 Å². The van der Waals surface area contributed by atoms with Crippen LogP contribution >= 0.6 is 0 Å². The Bertz CT molecular complexity index is 1180. The van der Waals surface area contributed by atoms with Gasteiger partial charge in [-0.3, -0.25) is 4.79 Å². The third-order valence-corrected chi connectivity index (χ3v) is 5.82. The Balaban J connectivity index is 1.99. The van der Waals surface area contributed by atoms with E-state index in [1.165, 1.54) is 0 Å². The van der Waals surface area contributed by atoms with Crippen molar-refractivity contribution < 1.29 is 15.0 Å². The molecule has 4 aromatic rings. The van der Waals surface area contributed by atoms with Crippen LogP contribution < -0.4 is 0 Å². The van der Waals surface area contributed by atoms with Gasteiger partial charge in [-0.15, -0.1) is 0 Å². The number of hydrogen-bond acceptors (Lipinski definition) is 3. The van der Waals surface area contributed by atoms with E-state index < -0.39 is 5.41 Å². The molecule has 29 heavy (non-hydrogen) atoms. The summed E-state index contributed by atoms with van der Waals surface area (Å²) in [6.45, 7) is 0. The van der Waals surface area contributed by atoms with E-state index >= 15 is 0 Å². The minimum atomic E-state index is -0.731. The third-order valence-electron chi connectivity index (χ3n) is 5.82. The molecule has 0 saturated heterocycles. The zero-order chi connectivity index (χ0) is 20.0. The molecule has 1 aliphatic carbocycles. The van der Waals surface area contributed by atoms with E-state index in [0.29, 0.717) is 5.56 Å². The van der Waals surface area contributed by atoms with E-state index in [9.17, 15) is 15.0 Å². The lowest BCUT2D eigenvalue weighted by molar-refractivity contribution is 0.112. The van der Waals surface area contributed by atoms with Gasteiger partial charge >= 0.3 is 0 Å². The molecule has 0 radical (unpaired) electrons. The summed E-state index contributed by atoms with van der Waals surface area (Å²) >= 11 is 0. The molecule has 2 N–H and O–H groups in total. The second kappa shape index (κ2) is 6.35. The highest BCUT2D eigenvalue weighted by Crippen LogP contribution is 2.57. The zero-order valence-electron chi connectivity index (χ0n) is 15.5. The maximum Gasteiger partial charge on any atom is 0.150 e. The molecule has 3 heteroatoms. The van der Waals surface area contributed by atoms with Gasteiger partial charge in [0.05, 0.1) is 5.41 Å². The Morgan fingerprint density at radius 2 is 1.17 bits per heavy atom. The van der Waals surface area contributed by atoms with Gasteiger partial charge in [0.15, 0.2) is 0 Å². The predicted octanol–water partition coefficient (Wildman–Crippen LogP) is 5.27. The van der Waals surface area contributed by atoms with Gasteiger partial charge < -0.3 is 10.2 Å². The number of aromatic hydroxyl groups is 2. The van der Waals surface area contributed by atoms with Gasteiger partial charge in [-0.2, -0.15) is 0 Å². The van der Waals surface area contributed by atoms with E-state index in [1.54, 1.807) is 24.3 Å². The van der Waals surface area contributed by atoms with Gasteiger partial charge in [0, 0.05) is 5.56 Å². The van der Waals surface area contributed by atoms with Crippen LogP contribution in [-0.2, 0) is 5.41 Å². The smallest absolute Gasteiger partial charge is 0.150 e. The average Bonchev–Trinajstić information content (AvgIpc) is 3.06. The summed E-state index contributed by atoms with van der Waals surface area (Å²) in [6.07, 6.45) is 0.903. The second-order valence-corrected chi connectivity index (χ2v) is 7.28. The number of phenols is 2. The lowest BCUT2D eigenvalue weighted by Gasteiger charge is -2.34. The molecule has 0 saturated carbocycles. The molecule has 0 spiro atoms. The first-order chi connectivity index (χ1) is 14.2. The van der Waals surface area contributed by atoms with Crippen molar-refractivity contribution in [2.45, 2.75) is 5.41 Å². The average molecular weight is 378 g/mol. The summed E-state index contributed by atoms with van der Waals surface area (Å²) < 4.78 is 0. The molecule has 0 amide bonds. The number of aldehydes is 1. The molecule has 0 aromatic heterocycles. The van der Waals surface area contributed by atoms with Crippen LogP contribution in [0, 0.1) is 0 Å². The lowest BCUT2D eigenvalue weighted by Crippen LogP contribution is -2.29. The molecule has 140 valence electrons. The van der Waals surface area contributed by atoms with Gasteiger partial charge in [-0.05, 0) is 57.6 Å². The molecule has 4 aromatic carbocycles. The lowest BCUT2D eigenvalue weighted by atomic mass is 9.66. The molecule has 0 fully saturated rings. The molecular weight excluding hydrogens is 360 g/mol. The Hall–Kier alpha value is -3.85. The van der Waals surface area contributed by atoms with Crippen LogP contribution in [0.4, 0.5) is 0 Å². The molecule has 0 heterocycles. The Morgan fingerprint density at radius 3 is 1.76 bits per heavy atom. The van der Waals surface area contributed by atoms with E-state index in [1.807, 2.05) is 54.6 Å². The van der Waals surface area contributed by atoms with E-state index in [2.05, 4.69) is 12.1 Å². The summed E-state index contributed by atoms with van der Waals surface area (Å²) in [4.78, 5) is 12.1. The van der Waals surface area contributed by atoms with Crippen LogP contribution in [0.5, 0.6) is 11.5 Å². The SMILES string of the molecule is O=Cc1cccc2c1C(c1ccc(O)cc1)(c1ccc(O)cc1)c1ccccc1-2. The summed E-state index contributed by atoms with van der Waals surface area (Å²) in [5, 5.41) is 19.8. The number of hydrogen-bond donors (Lipinski definition) is 2. The number of rotatable bonds is 3. The number of carbonyl (C=O) groups is 1. The van der Waals surface area contributed by atoms with Gasteiger partial charge in [0.25, 0.3) is 0 Å². The van der Waals surface area contributed by atoms with Crippen LogP contribution in [-0.4, -0.2) is 16.5 Å². The van der Waals surface area contributed by atoms with Gasteiger partial charge in [-0.1, -0.05) is 66.7 Å². The van der Waals surface area contributed by atoms with Crippen LogP contribution in [0.3, 0.4) is 0 Å². The molecule has 0 aliphatic heterocycles. The van der Waals surface area contributed by atoms with Crippen molar-refractivity contribution in [2.24, 2.45) is 0 Å². The number of fused-ring (bicyclic) bond motifs is 3. The van der Waals surface area contributed by atoms with Gasteiger partial charge in [0.2, 0.25) is 0 Å². The molecule has 5 rings (SSSR count). The molecule has 0 atom stereocenters. The van der Waals surface area contributed by atoms with Crippen molar-refractivity contribution in [1.82, 2.24) is 0 Å².